The highest BCUT2D eigenvalue weighted by Gasteiger charge is 2.48. The van der Waals surface area contributed by atoms with Gasteiger partial charge in [0.05, 0.1) is 23.7 Å². The van der Waals surface area contributed by atoms with Gasteiger partial charge in [0.25, 0.3) is 11.8 Å². The SMILES string of the molecule is COc1ccc(C[C@H]2NC(=O)/C=C/C[C@@H]([C@H](C)[C@H]3O[C@@H]3c3ccc(CNC(=O)[C@H](C)NC(=O)[C@@H](NC(=O)CCCC(=O)ON4C(=O)CCC4=O)C(C)C)cc3)OC(=O)[C@H](CC(C)(C)C)NC(=O)C(C)(C)CNC2=O)cc1Cl. The Morgan fingerprint density at radius 3 is 2.16 bits per heavy atom. The van der Waals surface area contributed by atoms with Crippen LogP contribution < -0.4 is 36.6 Å². The Hall–Kier alpha value is -6.87. The zero-order valence-corrected chi connectivity index (χ0v) is 46.3. The molecule has 420 valence electrons. The summed E-state index contributed by atoms with van der Waals surface area (Å²) in [6.07, 6.45) is 1.27. The van der Waals surface area contributed by atoms with E-state index in [0.29, 0.717) is 21.4 Å². The molecule has 0 aliphatic carbocycles. The first kappa shape index (κ1) is 61.0. The number of hydrogen-bond acceptors (Lipinski definition) is 14. The van der Waals surface area contributed by atoms with Gasteiger partial charge < -0.3 is 50.9 Å². The Bertz CT molecular complexity index is 2550. The average Bonchev–Trinajstić information content (AvgIpc) is 4.12. The van der Waals surface area contributed by atoms with Crippen molar-refractivity contribution in [2.75, 3.05) is 13.7 Å². The summed E-state index contributed by atoms with van der Waals surface area (Å²) in [4.78, 5) is 135. The molecule has 3 aliphatic heterocycles. The normalized spacial score (nSPS) is 22.8. The topological polar surface area (TPSA) is 286 Å². The number of carbonyl (C=O) groups excluding carboxylic acids is 10. The number of cyclic esters (lactones) is 1. The number of amides is 8. The molecule has 5 rings (SSSR count). The molecule has 2 fully saturated rings. The van der Waals surface area contributed by atoms with Crippen molar-refractivity contribution in [3.05, 3.63) is 76.3 Å². The molecule has 0 spiro atoms. The lowest BCUT2D eigenvalue weighted by atomic mass is 9.86. The fraction of sp³-hybridized carbons (Fsp3) is 0.564. The summed E-state index contributed by atoms with van der Waals surface area (Å²) >= 11 is 6.38. The van der Waals surface area contributed by atoms with E-state index in [1.54, 1.807) is 52.0 Å². The van der Waals surface area contributed by atoms with Gasteiger partial charge in [0.15, 0.2) is 0 Å². The summed E-state index contributed by atoms with van der Waals surface area (Å²) in [7, 11) is 1.49. The molecular formula is C55H74ClN7O14. The minimum atomic E-state index is -1.18. The zero-order chi connectivity index (χ0) is 56.9. The number of imide groups is 1. The first-order valence-corrected chi connectivity index (χ1v) is 26.3. The van der Waals surface area contributed by atoms with Crippen molar-refractivity contribution in [3.8, 4) is 5.75 Å². The molecule has 3 heterocycles. The van der Waals surface area contributed by atoms with E-state index in [4.69, 9.17) is 30.6 Å². The lowest BCUT2D eigenvalue weighted by Gasteiger charge is -2.32. The van der Waals surface area contributed by atoms with Crippen molar-refractivity contribution in [2.24, 2.45) is 22.7 Å². The van der Waals surface area contributed by atoms with Gasteiger partial charge in [-0.2, -0.15) is 0 Å². The van der Waals surface area contributed by atoms with Crippen molar-refractivity contribution in [3.63, 3.8) is 0 Å². The molecule has 0 unspecified atom stereocenters. The van der Waals surface area contributed by atoms with E-state index in [1.165, 1.54) is 20.1 Å². The van der Waals surface area contributed by atoms with Gasteiger partial charge in [-0.25, -0.2) is 9.59 Å². The summed E-state index contributed by atoms with van der Waals surface area (Å²) in [6.45, 7) is 16.0. The molecule has 0 saturated carbocycles. The maximum atomic E-state index is 14.1. The van der Waals surface area contributed by atoms with E-state index in [0.717, 1.165) is 11.1 Å². The van der Waals surface area contributed by atoms with Gasteiger partial charge in [-0.15, -0.1) is 5.06 Å². The molecule has 6 N–H and O–H groups in total. The number of esters is 1. The fourth-order valence-corrected chi connectivity index (χ4v) is 8.88. The number of halogens is 1. The van der Waals surface area contributed by atoms with Crippen LogP contribution in [0.2, 0.25) is 5.02 Å². The molecule has 2 aromatic carbocycles. The number of epoxide rings is 1. The maximum Gasteiger partial charge on any atom is 0.333 e. The van der Waals surface area contributed by atoms with E-state index >= 15 is 0 Å². The maximum absolute atomic E-state index is 14.1. The Morgan fingerprint density at radius 1 is 0.870 bits per heavy atom. The third-order valence-corrected chi connectivity index (χ3v) is 13.6. The third-order valence-electron chi connectivity index (χ3n) is 13.3. The van der Waals surface area contributed by atoms with Crippen LogP contribution >= 0.6 is 11.6 Å². The predicted molar refractivity (Wildman–Crippen MR) is 281 cm³/mol. The first-order valence-electron chi connectivity index (χ1n) is 25.9. The molecule has 0 bridgehead atoms. The van der Waals surface area contributed by atoms with Crippen LogP contribution in [0, 0.1) is 22.7 Å². The highest BCUT2D eigenvalue weighted by Crippen LogP contribution is 2.45. The van der Waals surface area contributed by atoms with Gasteiger partial charge in [0.2, 0.25) is 35.4 Å². The highest BCUT2D eigenvalue weighted by atomic mass is 35.5. The number of nitrogens with one attached hydrogen (secondary N) is 6. The quantitative estimate of drug-likeness (QED) is 0.0656. The van der Waals surface area contributed by atoms with Crippen molar-refractivity contribution >= 4 is 70.8 Å². The minimum Gasteiger partial charge on any atom is -0.495 e. The molecule has 2 aromatic rings. The summed E-state index contributed by atoms with van der Waals surface area (Å²) in [5, 5.41) is 17.4. The van der Waals surface area contributed by atoms with E-state index in [-0.39, 0.29) is 76.5 Å². The van der Waals surface area contributed by atoms with Gasteiger partial charge in [0, 0.05) is 57.5 Å². The Morgan fingerprint density at radius 2 is 1.53 bits per heavy atom. The van der Waals surface area contributed by atoms with E-state index in [1.807, 2.05) is 52.0 Å². The van der Waals surface area contributed by atoms with Crippen LogP contribution in [0.15, 0.2) is 54.6 Å². The van der Waals surface area contributed by atoms with E-state index in [9.17, 15) is 47.9 Å². The monoisotopic (exact) mass is 1090 g/mol. The van der Waals surface area contributed by atoms with Crippen LogP contribution in [0.3, 0.4) is 0 Å². The smallest absolute Gasteiger partial charge is 0.333 e. The number of ether oxygens (including phenoxy) is 3. The fourth-order valence-electron chi connectivity index (χ4n) is 8.60. The Balaban J connectivity index is 1.19. The van der Waals surface area contributed by atoms with Crippen molar-refractivity contribution in [1.82, 2.24) is 37.0 Å². The number of benzene rings is 2. The Labute approximate surface area is 454 Å². The Kier molecular flexibility index (Phi) is 21.3. The molecule has 3 aliphatic rings. The number of hydrogen-bond donors (Lipinski definition) is 6. The van der Waals surface area contributed by atoms with Crippen LogP contribution in [-0.2, 0) is 75.2 Å². The van der Waals surface area contributed by atoms with Crippen molar-refractivity contribution in [1.29, 1.82) is 0 Å². The summed E-state index contributed by atoms with van der Waals surface area (Å²) in [5.41, 5.74) is 0.635. The number of carbonyl (C=O) groups is 10. The minimum absolute atomic E-state index is 0.0371. The largest absolute Gasteiger partial charge is 0.495 e. The molecule has 22 heteroatoms. The third kappa shape index (κ3) is 18.1. The number of rotatable bonds is 19. The second-order valence-electron chi connectivity index (χ2n) is 22.0. The van der Waals surface area contributed by atoms with Gasteiger partial charge in [0.1, 0.15) is 42.1 Å². The van der Waals surface area contributed by atoms with Crippen molar-refractivity contribution < 1.29 is 67.0 Å². The first-order chi connectivity index (χ1) is 36.2. The predicted octanol–water partition coefficient (Wildman–Crippen LogP) is 4.13. The van der Waals surface area contributed by atoms with Gasteiger partial charge in [-0.05, 0) is 79.8 Å². The molecule has 0 radical (unpaired) electrons. The molecule has 0 aromatic heterocycles. The molecule has 21 nitrogen and oxygen atoms in total. The average molecular weight is 1090 g/mol. The van der Waals surface area contributed by atoms with Crippen LogP contribution in [0.25, 0.3) is 0 Å². The number of nitrogens with zero attached hydrogens (tertiary/aromatic N) is 1. The standard InChI is InChI=1S/C55H74ClN7O14/c1-30(2)46(62-42(65)15-12-16-45(68)77-63-43(66)23-24-44(63)67)51(71)59-32(4)49(69)57-28-33-17-20-35(21-18-33)48-47(76-48)31(3)39-13-11-14-41(64)60-37(26-34-19-22-40(74-10)36(56)25-34)50(70)58-29-55(8,9)53(73)61-38(52(72)75-39)27-54(5,6)7/h11,14,17-22,25,30-32,37-39,46-48H,12-13,15-16,23-24,26-29H2,1-10H3,(H,57,69)(H,58,70)(H,59,71)(H,60,64)(H,61,73)(H,62,65)/b14-11+/t31-,32-,37+,38-,39-,46-,47+,48+/m0/s1. The molecule has 8 amide bonds. The second-order valence-corrected chi connectivity index (χ2v) is 22.4. The molecule has 8 atom stereocenters. The summed E-state index contributed by atoms with van der Waals surface area (Å²) in [6, 6.07) is 8.37. The highest BCUT2D eigenvalue weighted by molar-refractivity contribution is 6.32. The molecule has 77 heavy (non-hydrogen) atoms. The zero-order valence-electron chi connectivity index (χ0n) is 45.5. The molecule has 2 saturated heterocycles. The van der Waals surface area contributed by atoms with Crippen LogP contribution in [0.4, 0.5) is 0 Å². The van der Waals surface area contributed by atoms with Gasteiger partial charge >= 0.3 is 11.9 Å². The summed E-state index contributed by atoms with van der Waals surface area (Å²) in [5.74, 6) is -6.18. The second kappa shape index (κ2) is 26.9. The van der Waals surface area contributed by atoms with Crippen LogP contribution in [0.1, 0.15) is 130 Å². The van der Waals surface area contributed by atoms with Crippen LogP contribution in [-0.4, -0.2) is 114 Å². The van der Waals surface area contributed by atoms with Gasteiger partial charge in [-0.1, -0.05) is 89.6 Å². The van der Waals surface area contributed by atoms with Crippen molar-refractivity contribution in [2.45, 2.75) is 163 Å². The van der Waals surface area contributed by atoms with E-state index < -0.39 is 112 Å². The van der Waals surface area contributed by atoms with Crippen LogP contribution in [0.5, 0.6) is 5.75 Å². The lowest BCUT2D eigenvalue weighted by Crippen LogP contribution is -2.54. The van der Waals surface area contributed by atoms with Gasteiger partial charge in [-0.3, -0.25) is 38.4 Å². The molecular weight excluding hydrogens is 1020 g/mol. The number of hydroxylamine groups is 2. The summed E-state index contributed by atoms with van der Waals surface area (Å²) < 4.78 is 17.7. The number of methoxy groups -OCH3 is 1. The lowest BCUT2D eigenvalue weighted by molar-refractivity contribution is -0.197. The van der Waals surface area contributed by atoms with E-state index in [2.05, 4.69) is 31.9 Å².